The van der Waals surface area contributed by atoms with Gasteiger partial charge in [-0.25, -0.2) is 0 Å². The summed E-state index contributed by atoms with van der Waals surface area (Å²) in [7, 11) is 0. The van der Waals surface area contributed by atoms with Crippen LogP contribution in [0.15, 0.2) is 29.2 Å². The molecule has 0 aliphatic rings. The molecule has 1 rings (SSSR count). The molecule has 0 saturated carbocycles. The molecule has 2 N–H and O–H groups in total. The van der Waals surface area contributed by atoms with Crippen molar-refractivity contribution in [2.45, 2.75) is 44.6 Å². The fraction of sp³-hybridized carbons (Fsp3) is 0.571. The van der Waals surface area contributed by atoms with Crippen LogP contribution in [0.2, 0.25) is 0 Å². The van der Waals surface area contributed by atoms with Crippen LogP contribution in [-0.2, 0) is 0 Å². The second-order valence-corrected chi connectivity index (χ2v) is 5.91. The highest BCUT2D eigenvalue weighted by atomic mass is 32.2. The fourth-order valence-electron chi connectivity index (χ4n) is 1.55. The van der Waals surface area contributed by atoms with Gasteiger partial charge in [-0.1, -0.05) is 32.4 Å². The lowest BCUT2D eigenvalue weighted by molar-refractivity contribution is 0.579. The molecule has 0 saturated heterocycles. The summed E-state index contributed by atoms with van der Waals surface area (Å²) < 4.78 is 0. The maximum atomic E-state index is 5.81. The topological polar surface area (TPSA) is 26.0 Å². The molecule has 0 aliphatic carbocycles. The van der Waals surface area contributed by atoms with Crippen LogP contribution in [0.25, 0.3) is 0 Å². The lowest BCUT2D eigenvalue weighted by atomic mass is 10.1. The van der Waals surface area contributed by atoms with E-state index in [1.165, 1.54) is 29.1 Å². The SMILES string of the molecule is CC(C)CCCSc1ccc(C(C)N)cc1. The Morgan fingerprint density at radius 3 is 2.25 bits per heavy atom. The molecular formula is C14H23NS. The van der Waals surface area contributed by atoms with Gasteiger partial charge in [-0.2, -0.15) is 0 Å². The molecule has 1 aromatic carbocycles. The first-order valence-electron chi connectivity index (χ1n) is 6.08. The molecule has 0 radical (unpaired) electrons. The highest BCUT2D eigenvalue weighted by molar-refractivity contribution is 7.99. The molecule has 1 nitrogen and oxygen atoms in total. The molecular weight excluding hydrogens is 214 g/mol. The zero-order valence-electron chi connectivity index (χ0n) is 10.6. The van der Waals surface area contributed by atoms with Gasteiger partial charge in [-0.05, 0) is 42.7 Å². The minimum absolute atomic E-state index is 0.139. The minimum atomic E-state index is 0.139. The molecule has 0 aromatic heterocycles. The molecule has 16 heavy (non-hydrogen) atoms. The van der Waals surface area contributed by atoms with Crippen LogP contribution in [0, 0.1) is 5.92 Å². The normalized spacial score (nSPS) is 13.1. The molecule has 2 heteroatoms. The predicted molar refractivity (Wildman–Crippen MR) is 73.8 cm³/mol. The van der Waals surface area contributed by atoms with E-state index in [0.717, 1.165) is 5.92 Å². The Kier molecular flexibility index (Phi) is 5.93. The standard InChI is InChI=1S/C14H23NS/c1-11(2)5-4-10-16-14-8-6-13(7-9-14)12(3)15/h6-9,11-12H,4-5,10,15H2,1-3H3. The van der Waals surface area contributed by atoms with E-state index in [1.54, 1.807) is 0 Å². The van der Waals surface area contributed by atoms with Gasteiger partial charge < -0.3 is 5.73 Å². The Labute approximate surface area is 104 Å². The van der Waals surface area contributed by atoms with Crippen LogP contribution in [0.1, 0.15) is 45.2 Å². The second-order valence-electron chi connectivity index (χ2n) is 4.74. The Hall–Kier alpha value is -0.470. The fourth-order valence-corrected chi connectivity index (χ4v) is 2.42. The maximum absolute atomic E-state index is 5.81. The van der Waals surface area contributed by atoms with Crippen LogP contribution < -0.4 is 5.73 Å². The van der Waals surface area contributed by atoms with E-state index in [9.17, 15) is 0 Å². The van der Waals surface area contributed by atoms with Gasteiger partial charge in [0.15, 0.2) is 0 Å². The third kappa shape index (κ3) is 5.04. The van der Waals surface area contributed by atoms with Crippen molar-refractivity contribution < 1.29 is 0 Å². The number of rotatable bonds is 6. The molecule has 0 bridgehead atoms. The van der Waals surface area contributed by atoms with Gasteiger partial charge in [0, 0.05) is 10.9 Å². The quantitative estimate of drug-likeness (QED) is 0.592. The number of thioether (sulfide) groups is 1. The summed E-state index contributed by atoms with van der Waals surface area (Å²) in [5.74, 6) is 2.04. The van der Waals surface area contributed by atoms with Gasteiger partial charge in [0.25, 0.3) is 0 Å². The summed E-state index contributed by atoms with van der Waals surface area (Å²) in [6.07, 6.45) is 2.63. The zero-order valence-corrected chi connectivity index (χ0v) is 11.4. The maximum Gasteiger partial charge on any atom is 0.0266 e. The van der Waals surface area contributed by atoms with E-state index in [2.05, 4.69) is 38.1 Å². The Balaban J connectivity index is 2.32. The average Bonchev–Trinajstić information content (AvgIpc) is 2.25. The van der Waals surface area contributed by atoms with Crippen molar-refractivity contribution in [3.63, 3.8) is 0 Å². The van der Waals surface area contributed by atoms with E-state index >= 15 is 0 Å². The molecule has 90 valence electrons. The van der Waals surface area contributed by atoms with E-state index in [0.29, 0.717) is 0 Å². The first kappa shape index (κ1) is 13.6. The number of hydrogen-bond acceptors (Lipinski definition) is 2. The first-order valence-corrected chi connectivity index (χ1v) is 7.06. The molecule has 0 spiro atoms. The van der Waals surface area contributed by atoms with Gasteiger partial charge in [0.2, 0.25) is 0 Å². The molecule has 0 aliphatic heterocycles. The Morgan fingerprint density at radius 1 is 1.12 bits per heavy atom. The van der Waals surface area contributed by atoms with Crippen molar-refractivity contribution in [2.75, 3.05) is 5.75 Å². The van der Waals surface area contributed by atoms with Crippen molar-refractivity contribution in [3.8, 4) is 0 Å². The van der Waals surface area contributed by atoms with Crippen molar-refractivity contribution >= 4 is 11.8 Å². The van der Waals surface area contributed by atoms with Gasteiger partial charge in [0.1, 0.15) is 0 Å². The minimum Gasteiger partial charge on any atom is -0.324 e. The first-order chi connectivity index (χ1) is 7.59. The smallest absolute Gasteiger partial charge is 0.0266 e. The molecule has 0 fully saturated rings. The van der Waals surface area contributed by atoms with Crippen molar-refractivity contribution in [3.05, 3.63) is 29.8 Å². The largest absolute Gasteiger partial charge is 0.324 e. The number of nitrogens with two attached hydrogens (primary N) is 1. The summed E-state index contributed by atoms with van der Waals surface area (Å²) in [5.41, 5.74) is 7.03. The van der Waals surface area contributed by atoms with Crippen LogP contribution in [0.4, 0.5) is 0 Å². The van der Waals surface area contributed by atoms with Crippen LogP contribution in [0.5, 0.6) is 0 Å². The molecule has 0 amide bonds. The third-order valence-electron chi connectivity index (χ3n) is 2.60. The zero-order chi connectivity index (χ0) is 12.0. The molecule has 1 atom stereocenters. The van der Waals surface area contributed by atoms with E-state index < -0.39 is 0 Å². The predicted octanol–water partition coefficient (Wildman–Crippen LogP) is 4.23. The molecule has 1 aromatic rings. The molecule has 0 heterocycles. The highest BCUT2D eigenvalue weighted by Crippen LogP contribution is 2.22. The number of hydrogen-bond donors (Lipinski definition) is 1. The van der Waals surface area contributed by atoms with E-state index in [4.69, 9.17) is 5.73 Å². The van der Waals surface area contributed by atoms with Crippen molar-refractivity contribution in [2.24, 2.45) is 11.7 Å². The van der Waals surface area contributed by atoms with Crippen molar-refractivity contribution in [1.82, 2.24) is 0 Å². The van der Waals surface area contributed by atoms with Gasteiger partial charge in [0.05, 0.1) is 0 Å². The Bertz CT molecular complexity index is 290. The average molecular weight is 237 g/mol. The highest BCUT2D eigenvalue weighted by Gasteiger charge is 2.00. The van der Waals surface area contributed by atoms with E-state index in [1.807, 2.05) is 18.7 Å². The lowest BCUT2D eigenvalue weighted by Gasteiger charge is -2.07. The summed E-state index contributed by atoms with van der Waals surface area (Å²) in [6, 6.07) is 8.77. The van der Waals surface area contributed by atoms with Gasteiger partial charge in [-0.3, -0.25) is 0 Å². The van der Waals surface area contributed by atoms with Gasteiger partial charge >= 0.3 is 0 Å². The van der Waals surface area contributed by atoms with Crippen LogP contribution in [-0.4, -0.2) is 5.75 Å². The van der Waals surface area contributed by atoms with Crippen LogP contribution >= 0.6 is 11.8 Å². The van der Waals surface area contributed by atoms with Crippen LogP contribution in [0.3, 0.4) is 0 Å². The number of benzene rings is 1. The summed E-state index contributed by atoms with van der Waals surface area (Å²) in [6.45, 7) is 6.58. The monoisotopic (exact) mass is 237 g/mol. The summed E-state index contributed by atoms with van der Waals surface area (Å²) >= 11 is 1.94. The second kappa shape index (κ2) is 6.97. The summed E-state index contributed by atoms with van der Waals surface area (Å²) in [5, 5.41) is 0. The third-order valence-corrected chi connectivity index (χ3v) is 3.70. The van der Waals surface area contributed by atoms with E-state index in [-0.39, 0.29) is 6.04 Å². The molecule has 1 unspecified atom stereocenters. The van der Waals surface area contributed by atoms with Gasteiger partial charge in [-0.15, -0.1) is 11.8 Å². The summed E-state index contributed by atoms with van der Waals surface area (Å²) in [4.78, 5) is 1.35. The lowest BCUT2D eigenvalue weighted by Crippen LogP contribution is -2.04. The Morgan fingerprint density at radius 2 is 1.75 bits per heavy atom. The van der Waals surface area contributed by atoms with Crippen molar-refractivity contribution in [1.29, 1.82) is 0 Å².